The van der Waals surface area contributed by atoms with Crippen LogP contribution < -0.4 is 0 Å². The molecule has 0 N–H and O–H groups in total. The minimum atomic E-state index is -0.378. The highest BCUT2D eigenvalue weighted by Crippen LogP contribution is 2.46. The summed E-state index contributed by atoms with van der Waals surface area (Å²) >= 11 is 0. The van der Waals surface area contributed by atoms with E-state index in [-0.39, 0.29) is 53.2 Å². The van der Waals surface area contributed by atoms with E-state index in [1.807, 2.05) is 60.7 Å². The summed E-state index contributed by atoms with van der Waals surface area (Å²) in [7, 11) is 0. The molecule has 0 atom stereocenters. The third-order valence-electron chi connectivity index (χ3n) is 7.75. The molecular formula is C40H26. The minimum Gasteiger partial charge on any atom is -0.0622 e. The van der Waals surface area contributed by atoms with E-state index in [0.717, 1.165) is 43.6 Å². The van der Waals surface area contributed by atoms with E-state index in [2.05, 4.69) is 42.5 Å². The molecule has 0 unspecified atom stereocenters. The van der Waals surface area contributed by atoms with E-state index >= 15 is 0 Å². The largest absolute Gasteiger partial charge is 0.0629 e. The summed E-state index contributed by atoms with van der Waals surface area (Å²) in [6.07, 6.45) is 0. The van der Waals surface area contributed by atoms with Crippen molar-refractivity contribution in [3.05, 3.63) is 158 Å². The number of hydrogen-bond donors (Lipinski definition) is 0. The second-order valence-electron chi connectivity index (χ2n) is 9.93. The van der Waals surface area contributed by atoms with E-state index in [4.69, 9.17) is 8.22 Å². The van der Waals surface area contributed by atoms with Crippen LogP contribution in [0.4, 0.5) is 0 Å². The summed E-state index contributed by atoms with van der Waals surface area (Å²) in [6, 6.07) is 36.1. The number of benzene rings is 8. The van der Waals surface area contributed by atoms with Gasteiger partial charge in [0.25, 0.3) is 0 Å². The van der Waals surface area contributed by atoms with Gasteiger partial charge in [-0.05, 0) is 82.5 Å². The maximum Gasteiger partial charge on any atom is 0.0629 e. The van der Waals surface area contributed by atoms with Crippen LogP contribution in [0.1, 0.15) is 9.60 Å². The average Bonchev–Trinajstić information content (AvgIpc) is 3.08. The second-order valence-corrected chi connectivity index (χ2v) is 9.93. The quantitative estimate of drug-likeness (QED) is 0.206. The van der Waals surface area contributed by atoms with Gasteiger partial charge in [-0.25, -0.2) is 0 Å². The van der Waals surface area contributed by atoms with Crippen molar-refractivity contribution in [2.24, 2.45) is 0 Å². The zero-order chi connectivity index (χ0) is 32.6. The first-order valence-corrected chi connectivity index (χ1v) is 13.3. The SMILES string of the molecule is [2H]c1cc([2H])c(-c2c3ccccc3c(-c3cccc4c(-c5ccc6ccccc6c5)cccc34)c3c([2H])c([2H])c([2H])c([2H])c23)c([2H])c1. The molecule has 40 heavy (non-hydrogen) atoms. The summed E-state index contributed by atoms with van der Waals surface area (Å²) < 4.78 is 61.4. The van der Waals surface area contributed by atoms with Crippen molar-refractivity contribution in [3.63, 3.8) is 0 Å². The molecule has 8 rings (SSSR count). The Balaban J connectivity index is 1.54. The minimum absolute atomic E-state index is 0.0360. The van der Waals surface area contributed by atoms with Gasteiger partial charge in [0.05, 0.1) is 9.60 Å². The normalized spacial score (nSPS) is 13.9. The van der Waals surface area contributed by atoms with Crippen LogP contribution in [0.25, 0.3) is 76.5 Å². The molecule has 0 radical (unpaired) electrons. The Morgan fingerprint density at radius 3 is 1.73 bits per heavy atom. The Hall–Kier alpha value is -5.20. The number of hydrogen-bond acceptors (Lipinski definition) is 0. The number of fused-ring (bicyclic) bond motifs is 4. The van der Waals surface area contributed by atoms with E-state index < -0.39 is 0 Å². The molecule has 0 fully saturated rings. The Labute approximate surface area is 243 Å². The summed E-state index contributed by atoms with van der Waals surface area (Å²) in [5, 5.41) is 6.26. The summed E-state index contributed by atoms with van der Waals surface area (Å²) in [4.78, 5) is 0. The third kappa shape index (κ3) is 3.54. The fraction of sp³-hybridized carbons (Fsp3) is 0. The molecule has 8 aromatic carbocycles. The highest BCUT2D eigenvalue weighted by molar-refractivity contribution is 6.24. The first-order valence-electron chi connectivity index (χ1n) is 16.8. The summed E-state index contributed by atoms with van der Waals surface area (Å²) in [6.45, 7) is 0. The van der Waals surface area contributed by atoms with Crippen LogP contribution in [0.15, 0.2) is 158 Å². The molecule has 8 aromatic rings. The van der Waals surface area contributed by atoms with Crippen molar-refractivity contribution in [2.45, 2.75) is 0 Å². The van der Waals surface area contributed by atoms with Gasteiger partial charge in [-0.2, -0.15) is 0 Å². The lowest BCUT2D eigenvalue weighted by molar-refractivity contribution is 1.65. The standard InChI is InChI=1S/C40H26/c1-2-13-28(14-3-1)39-35-16-6-8-18-37(35)40(38-19-9-7-17-36(38)39)34-23-11-21-32-31(20-10-22-33(32)34)30-25-24-27-12-4-5-15-29(27)26-30/h1-26H/i1D,6D,8D,13D,14D,16D,18D. The second kappa shape index (κ2) is 9.22. The number of rotatable bonds is 3. The molecule has 0 aliphatic heterocycles. The molecule has 0 aliphatic rings. The lowest BCUT2D eigenvalue weighted by Gasteiger charge is -2.19. The van der Waals surface area contributed by atoms with Crippen molar-refractivity contribution in [1.29, 1.82) is 0 Å². The van der Waals surface area contributed by atoms with Gasteiger partial charge in [-0.15, -0.1) is 0 Å². The van der Waals surface area contributed by atoms with Crippen molar-refractivity contribution in [1.82, 2.24) is 0 Å². The maximum absolute atomic E-state index is 9.24. The molecule has 0 nitrogen and oxygen atoms in total. The Morgan fingerprint density at radius 1 is 0.350 bits per heavy atom. The van der Waals surface area contributed by atoms with Crippen molar-refractivity contribution in [2.75, 3.05) is 0 Å². The molecular weight excluding hydrogens is 480 g/mol. The van der Waals surface area contributed by atoms with Gasteiger partial charge in [-0.3, -0.25) is 0 Å². The van der Waals surface area contributed by atoms with E-state index in [9.17, 15) is 1.37 Å². The van der Waals surface area contributed by atoms with Crippen LogP contribution in [-0.2, 0) is 0 Å². The van der Waals surface area contributed by atoms with Gasteiger partial charge in [0.15, 0.2) is 0 Å². The molecule has 0 heterocycles. The van der Waals surface area contributed by atoms with E-state index in [1.54, 1.807) is 0 Å². The van der Waals surface area contributed by atoms with Crippen molar-refractivity contribution >= 4 is 43.1 Å². The van der Waals surface area contributed by atoms with Gasteiger partial charge in [0, 0.05) is 0 Å². The molecule has 0 aromatic heterocycles. The molecule has 0 saturated carbocycles. The van der Waals surface area contributed by atoms with Gasteiger partial charge < -0.3 is 0 Å². The fourth-order valence-electron chi connectivity index (χ4n) is 6.01. The highest BCUT2D eigenvalue weighted by atomic mass is 14.2. The highest BCUT2D eigenvalue weighted by Gasteiger charge is 2.18. The third-order valence-corrected chi connectivity index (χ3v) is 7.75. The van der Waals surface area contributed by atoms with Crippen LogP contribution in [0, 0.1) is 0 Å². The Bertz CT molecular complexity index is 2580. The zero-order valence-electron chi connectivity index (χ0n) is 28.5. The lowest BCUT2D eigenvalue weighted by Crippen LogP contribution is -1.92. The molecule has 0 heteroatoms. The Morgan fingerprint density at radius 2 is 0.950 bits per heavy atom. The first kappa shape index (κ1) is 16.7. The van der Waals surface area contributed by atoms with Gasteiger partial charge in [0.2, 0.25) is 0 Å². The molecule has 0 bridgehead atoms. The van der Waals surface area contributed by atoms with E-state index in [0.29, 0.717) is 21.9 Å². The van der Waals surface area contributed by atoms with Crippen LogP contribution in [0.5, 0.6) is 0 Å². The molecule has 0 amide bonds. The van der Waals surface area contributed by atoms with Gasteiger partial charge in [0.1, 0.15) is 0 Å². The van der Waals surface area contributed by atoms with E-state index in [1.165, 1.54) is 12.1 Å². The maximum atomic E-state index is 9.24. The van der Waals surface area contributed by atoms with Crippen LogP contribution in [0.2, 0.25) is 0 Å². The molecule has 0 saturated heterocycles. The van der Waals surface area contributed by atoms with Crippen molar-refractivity contribution < 1.29 is 9.60 Å². The molecule has 0 spiro atoms. The lowest BCUT2D eigenvalue weighted by atomic mass is 9.84. The zero-order valence-corrected chi connectivity index (χ0v) is 21.5. The molecule has 186 valence electrons. The predicted octanol–water partition coefficient (Wildman–Crippen LogP) is 11.3. The van der Waals surface area contributed by atoms with Gasteiger partial charge in [-0.1, -0.05) is 151 Å². The topological polar surface area (TPSA) is 0 Å². The Kier molecular flexibility index (Phi) is 3.85. The van der Waals surface area contributed by atoms with Crippen LogP contribution in [-0.4, -0.2) is 0 Å². The van der Waals surface area contributed by atoms with Crippen LogP contribution >= 0.6 is 0 Å². The molecule has 0 aliphatic carbocycles. The summed E-state index contributed by atoms with van der Waals surface area (Å²) in [5.41, 5.74) is 4.25. The monoisotopic (exact) mass is 513 g/mol. The van der Waals surface area contributed by atoms with Gasteiger partial charge >= 0.3 is 0 Å². The first-order chi connectivity index (χ1) is 22.7. The smallest absolute Gasteiger partial charge is 0.0622 e. The average molecular weight is 514 g/mol. The predicted molar refractivity (Wildman–Crippen MR) is 173 cm³/mol. The fourth-order valence-corrected chi connectivity index (χ4v) is 6.01. The van der Waals surface area contributed by atoms with Crippen LogP contribution in [0.3, 0.4) is 0 Å². The van der Waals surface area contributed by atoms with Crippen molar-refractivity contribution in [3.8, 4) is 33.4 Å². The summed E-state index contributed by atoms with van der Waals surface area (Å²) in [5.74, 6) is 0.